The lowest BCUT2D eigenvalue weighted by atomic mass is 9.94. The van der Waals surface area contributed by atoms with Crippen LogP contribution in [-0.4, -0.2) is 93.3 Å². The molecule has 1 aromatic heterocycles. The molecule has 200 valence electrons. The number of aliphatic carboxylic acids is 2. The Balaban J connectivity index is 0.000000257. The smallest absolute Gasteiger partial charge is 0.475 e. The van der Waals surface area contributed by atoms with Crippen LogP contribution in [-0.2, 0) is 28.9 Å². The third-order valence-electron chi connectivity index (χ3n) is 6.19. The summed E-state index contributed by atoms with van der Waals surface area (Å²) in [5.74, 6) is -5.51. The largest absolute Gasteiger partial charge is 0.490 e. The van der Waals surface area contributed by atoms with E-state index in [1.165, 1.54) is 89.1 Å². The number of carboxylic acids is 2. The molecule has 2 aliphatic heterocycles. The van der Waals surface area contributed by atoms with Gasteiger partial charge in [0.25, 0.3) is 0 Å². The standard InChI is InChI=1S/C17H28N4.2C2HF3O2/c1-2-7-16-15(6-1)17(19-18-16)8-4-9-20-11-12-21-10-3-5-14(21)13-20;2*3-2(4,5)1(6)7/h14H,1-13H2,(H,18,19);2*(H,6,7). The maximum absolute atomic E-state index is 10.6. The first-order chi connectivity index (χ1) is 16.3. The van der Waals surface area contributed by atoms with Crippen molar-refractivity contribution >= 4 is 11.9 Å². The second-order valence-electron chi connectivity index (χ2n) is 8.68. The number of nitrogens with one attached hydrogen (secondary N) is 1. The van der Waals surface area contributed by atoms with Crippen molar-refractivity contribution in [2.75, 3.05) is 32.7 Å². The highest BCUT2D eigenvalue weighted by Gasteiger charge is 2.39. The molecule has 0 spiro atoms. The predicted octanol–water partition coefficient (Wildman–Crippen LogP) is 3.27. The van der Waals surface area contributed by atoms with E-state index in [2.05, 4.69) is 20.0 Å². The lowest BCUT2D eigenvalue weighted by Crippen LogP contribution is -2.50. The van der Waals surface area contributed by atoms with Gasteiger partial charge in [-0.1, -0.05) is 0 Å². The zero-order chi connectivity index (χ0) is 26.2. The molecule has 14 heteroatoms. The lowest BCUT2D eigenvalue weighted by molar-refractivity contribution is -0.193. The molecule has 0 saturated carbocycles. The molecule has 3 aliphatic rings. The molecule has 0 amide bonds. The number of H-pyrrole nitrogens is 1. The van der Waals surface area contributed by atoms with Crippen molar-refractivity contribution in [2.45, 2.75) is 69.8 Å². The minimum Gasteiger partial charge on any atom is -0.475 e. The molecule has 0 radical (unpaired) electrons. The zero-order valence-electron chi connectivity index (χ0n) is 19.1. The van der Waals surface area contributed by atoms with Crippen LogP contribution in [0.25, 0.3) is 0 Å². The Morgan fingerprint density at radius 2 is 1.54 bits per heavy atom. The number of carbonyl (C=O) groups is 2. The van der Waals surface area contributed by atoms with Gasteiger partial charge < -0.3 is 15.1 Å². The number of hydrogen-bond donors (Lipinski definition) is 3. The van der Waals surface area contributed by atoms with Crippen molar-refractivity contribution in [3.63, 3.8) is 0 Å². The van der Waals surface area contributed by atoms with Gasteiger partial charge in [-0.05, 0) is 70.0 Å². The van der Waals surface area contributed by atoms with Crippen LogP contribution in [0.5, 0.6) is 0 Å². The second-order valence-corrected chi connectivity index (χ2v) is 8.68. The van der Waals surface area contributed by atoms with E-state index in [9.17, 15) is 26.3 Å². The highest BCUT2D eigenvalue weighted by atomic mass is 19.4. The number of aryl methyl sites for hydroxylation is 2. The summed E-state index contributed by atoms with van der Waals surface area (Å²) in [4.78, 5) is 23.2. The van der Waals surface area contributed by atoms with E-state index < -0.39 is 24.3 Å². The number of aromatic nitrogens is 2. The summed E-state index contributed by atoms with van der Waals surface area (Å²) in [5.41, 5.74) is 4.35. The van der Waals surface area contributed by atoms with Crippen LogP contribution in [0.1, 0.15) is 49.1 Å². The first kappa shape index (κ1) is 28.9. The van der Waals surface area contributed by atoms with Gasteiger partial charge in [0, 0.05) is 31.4 Å². The number of nitrogens with zero attached hydrogens (tertiary/aromatic N) is 3. The van der Waals surface area contributed by atoms with Crippen LogP contribution >= 0.6 is 0 Å². The van der Waals surface area contributed by atoms with Gasteiger partial charge in [0.2, 0.25) is 0 Å². The third-order valence-corrected chi connectivity index (χ3v) is 6.19. The number of halogens is 6. The number of piperazine rings is 1. The molecule has 1 aromatic rings. The number of carboxylic acid groups (broad SMARTS) is 2. The Kier molecular flexibility index (Phi) is 10.4. The van der Waals surface area contributed by atoms with Crippen LogP contribution in [0.2, 0.25) is 0 Å². The van der Waals surface area contributed by atoms with Crippen molar-refractivity contribution < 1.29 is 46.1 Å². The van der Waals surface area contributed by atoms with E-state index in [-0.39, 0.29) is 0 Å². The van der Waals surface area contributed by atoms with Crippen molar-refractivity contribution in [2.24, 2.45) is 0 Å². The number of hydrogen-bond acceptors (Lipinski definition) is 5. The third kappa shape index (κ3) is 9.32. The SMILES string of the molecule is C1CCc2c(CCCN3CCN4CCCC4C3)n[nH]c2C1.O=C(O)C(F)(F)F.O=C(O)C(F)(F)F. The second kappa shape index (κ2) is 12.6. The quantitative estimate of drug-likeness (QED) is 0.527. The van der Waals surface area contributed by atoms with E-state index in [1.54, 1.807) is 5.56 Å². The van der Waals surface area contributed by atoms with Gasteiger partial charge in [-0.15, -0.1) is 0 Å². The number of aromatic amines is 1. The summed E-state index contributed by atoms with van der Waals surface area (Å²) in [5, 5.41) is 22.1. The fourth-order valence-corrected chi connectivity index (χ4v) is 4.49. The summed E-state index contributed by atoms with van der Waals surface area (Å²) < 4.78 is 63.5. The molecule has 0 aromatic carbocycles. The van der Waals surface area contributed by atoms with Crippen LogP contribution in [0.4, 0.5) is 26.3 Å². The van der Waals surface area contributed by atoms with Gasteiger partial charge in [0.15, 0.2) is 0 Å². The number of fused-ring (bicyclic) bond motifs is 2. The zero-order valence-corrected chi connectivity index (χ0v) is 19.1. The Hall–Kier alpha value is -2.35. The summed E-state index contributed by atoms with van der Waals surface area (Å²) in [7, 11) is 0. The van der Waals surface area contributed by atoms with Crippen LogP contribution in [0.3, 0.4) is 0 Å². The van der Waals surface area contributed by atoms with Gasteiger partial charge in [-0.2, -0.15) is 31.4 Å². The molecule has 3 heterocycles. The van der Waals surface area contributed by atoms with Gasteiger partial charge >= 0.3 is 24.3 Å². The molecular weight excluding hydrogens is 486 g/mol. The topological polar surface area (TPSA) is 110 Å². The molecule has 3 N–H and O–H groups in total. The summed E-state index contributed by atoms with van der Waals surface area (Å²) >= 11 is 0. The molecule has 0 bridgehead atoms. The molecule has 1 atom stereocenters. The molecule has 35 heavy (non-hydrogen) atoms. The van der Waals surface area contributed by atoms with E-state index in [0.29, 0.717) is 0 Å². The first-order valence-corrected chi connectivity index (χ1v) is 11.4. The maximum atomic E-state index is 10.6. The number of rotatable bonds is 4. The van der Waals surface area contributed by atoms with Gasteiger partial charge in [0.05, 0.1) is 5.69 Å². The highest BCUT2D eigenvalue weighted by molar-refractivity contribution is 5.73. The average molecular weight is 516 g/mol. The molecule has 8 nitrogen and oxygen atoms in total. The number of alkyl halides is 6. The van der Waals surface area contributed by atoms with Crippen molar-refractivity contribution in [3.05, 3.63) is 17.0 Å². The van der Waals surface area contributed by atoms with Crippen molar-refractivity contribution in [1.29, 1.82) is 0 Å². The minimum absolute atomic E-state index is 0.858. The molecule has 2 fully saturated rings. The van der Waals surface area contributed by atoms with Crippen molar-refractivity contribution in [1.82, 2.24) is 20.0 Å². The average Bonchev–Trinajstić information content (AvgIpc) is 3.40. The van der Waals surface area contributed by atoms with Gasteiger partial charge in [-0.25, -0.2) is 9.59 Å². The Labute approximate surface area is 198 Å². The maximum Gasteiger partial charge on any atom is 0.490 e. The molecule has 1 aliphatic carbocycles. The monoisotopic (exact) mass is 516 g/mol. The lowest BCUT2D eigenvalue weighted by Gasteiger charge is -2.37. The van der Waals surface area contributed by atoms with Gasteiger partial charge in [0.1, 0.15) is 0 Å². The van der Waals surface area contributed by atoms with Gasteiger partial charge in [-0.3, -0.25) is 10.00 Å². The first-order valence-electron chi connectivity index (χ1n) is 11.4. The minimum atomic E-state index is -5.08. The van der Waals surface area contributed by atoms with E-state index in [0.717, 1.165) is 12.5 Å². The fourth-order valence-electron chi connectivity index (χ4n) is 4.49. The van der Waals surface area contributed by atoms with E-state index in [1.807, 2.05) is 0 Å². The van der Waals surface area contributed by atoms with Crippen molar-refractivity contribution in [3.8, 4) is 0 Å². The summed E-state index contributed by atoms with van der Waals surface area (Å²) in [6.45, 7) is 6.47. The Bertz CT molecular complexity index is 819. The van der Waals surface area contributed by atoms with Crippen LogP contribution in [0.15, 0.2) is 0 Å². The fraction of sp³-hybridized carbons (Fsp3) is 0.762. The molecule has 1 unspecified atom stereocenters. The Morgan fingerprint density at radius 3 is 2.14 bits per heavy atom. The predicted molar refractivity (Wildman–Crippen MR) is 112 cm³/mol. The van der Waals surface area contributed by atoms with E-state index in [4.69, 9.17) is 19.8 Å². The van der Waals surface area contributed by atoms with Crippen LogP contribution in [0, 0.1) is 0 Å². The highest BCUT2D eigenvalue weighted by Crippen LogP contribution is 2.24. The van der Waals surface area contributed by atoms with Crippen LogP contribution < -0.4 is 0 Å². The Morgan fingerprint density at radius 1 is 0.943 bits per heavy atom. The van der Waals surface area contributed by atoms with E-state index >= 15 is 0 Å². The molecule has 2 saturated heterocycles. The normalized spacial score (nSPS) is 20.6. The molecule has 4 rings (SSSR count). The summed E-state index contributed by atoms with van der Waals surface area (Å²) in [6.07, 6.45) is 0.249. The molecular formula is C21H30F6N4O4. The summed E-state index contributed by atoms with van der Waals surface area (Å²) in [6, 6.07) is 0.858.